The van der Waals surface area contributed by atoms with Crippen LogP contribution >= 0.6 is 0 Å². The second-order valence-electron chi connectivity index (χ2n) is 6.44. The maximum atomic E-state index is 13.2. The molecule has 130 valence electrons. The molecular weight excluding hydrogens is 336 g/mol. The summed E-state index contributed by atoms with van der Waals surface area (Å²) in [5.41, 5.74) is 4.27. The van der Waals surface area contributed by atoms with E-state index in [0.29, 0.717) is 17.3 Å². The predicted molar refractivity (Wildman–Crippen MR) is 105 cm³/mol. The maximum absolute atomic E-state index is 13.2. The topological polar surface area (TPSA) is 52.2 Å². The minimum absolute atomic E-state index is 0.0720. The molecule has 0 saturated heterocycles. The Kier molecular flexibility index (Phi) is 3.57. The van der Waals surface area contributed by atoms with Gasteiger partial charge in [-0.3, -0.25) is 14.3 Å². The van der Waals surface area contributed by atoms with E-state index in [2.05, 4.69) is 17.1 Å². The molecule has 2 aromatic carbocycles. The van der Waals surface area contributed by atoms with Crippen molar-refractivity contribution in [3.63, 3.8) is 0 Å². The zero-order valence-electron chi connectivity index (χ0n) is 14.5. The number of nitrogens with zero attached hydrogens (tertiary/aromatic N) is 4. The second kappa shape index (κ2) is 6.21. The van der Waals surface area contributed by atoms with Crippen LogP contribution in [0.4, 0.5) is 0 Å². The van der Waals surface area contributed by atoms with Crippen LogP contribution < -0.4 is 5.56 Å². The summed E-state index contributed by atoms with van der Waals surface area (Å²) in [6.45, 7) is 0. The molecule has 0 atom stereocenters. The molecule has 3 aromatic heterocycles. The maximum Gasteiger partial charge on any atom is 0.266 e. The third-order valence-corrected chi connectivity index (χ3v) is 4.67. The molecule has 0 N–H and O–H groups in total. The van der Waals surface area contributed by atoms with E-state index >= 15 is 0 Å². The smallest absolute Gasteiger partial charge is 0.266 e. The molecule has 0 aliphatic carbocycles. The number of hydrogen-bond donors (Lipinski definition) is 0. The zero-order chi connectivity index (χ0) is 18.2. The molecule has 0 spiro atoms. The van der Waals surface area contributed by atoms with Crippen molar-refractivity contribution in [2.45, 2.75) is 6.42 Å². The second-order valence-corrected chi connectivity index (χ2v) is 6.44. The summed E-state index contributed by atoms with van der Waals surface area (Å²) < 4.78 is 3.53. The minimum atomic E-state index is -0.0720. The molecule has 5 rings (SSSR count). The van der Waals surface area contributed by atoms with Gasteiger partial charge in [-0.1, -0.05) is 48.5 Å². The number of aromatic nitrogens is 4. The normalized spacial score (nSPS) is 11.3. The summed E-state index contributed by atoms with van der Waals surface area (Å²) >= 11 is 0. The highest BCUT2D eigenvalue weighted by atomic mass is 16.1. The van der Waals surface area contributed by atoms with Crippen molar-refractivity contribution in [2.75, 3.05) is 0 Å². The molecule has 0 aliphatic heterocycles. The van der Waals surface area contributed by atoms with Crippen LogP contribution in [0.1, 0.15) is 11.3 Å². The Morgan fingerprint density at radius 1 is 0.889 bits per heavy atom. The van der Waals surface area contributed by atoms with Gasteiger partial charge in [0.15, 0.2) is 0 Å². The highest BCUT2D eigenvalue weighted by Gasteiger charge is 2.15. The number of fused-ring (bicyclic) bond motifs is 3. The Hall–Kier alpha value is -3.73. The van der Waals surface area contributed by atoms with E-state index in [1.54, 1.807) is 23.0 Å². The van der Waals surface area contributed by atoms with Crippen LogP contribution in [0, 0.1) is 0 Å². The lowest BCUT2D eigenvalue weighted by molar-refractivity contribution is 0.894. The van der Waals surface area contributed by atoms with Crippen molar-refractivity contribution in [1.29, 1.82) is 0 Å². The molecule has 0 unspecified atom stereocenters. The van der Waals surface area contributed by atoms with Gasteiger partial charge in [0.1, 0.15) is 5.65 Å². The Labute approximate surface area is 155 Å². The number of para-hydroxylation sites is 1. The van der Waals surface area contributed by atoms with Crippen LogP contribution in [-0.2, 0) is 6.42 Å². The van der Waals surface area contributed by atoms with Crippen molar-refractivity contribution in [2.24, 2.45) is 0 Å². The van der Waals surface area contributed by atoms with E-state index in [4.69, 9.17) is 5.10 Å². The summed E-state index contributed by atoms with van der Waals surface area (Å²) in [4.78, 5) is 17.4. The fourth-order valence-corrected chi connectivity index (χ4v) is 3.43. The Morgan fingerprint density at radius 2 is 1.63 bits per heavy atom. The monoisotopic (exact) mass is 352 g/mol. The van der Waals surface area contributed by atoms with Gasteiger partial charge in [0.25, 0.3) is 5.56 Å². The molecule has 0 fully saturated rings. The average Bonchev–Trinajstić information content (AvgIpc) is 3.13. The third kappa shape index (κ3) is 2.60. The first kappa shape index (κ1) is 15.5. The van der Waals surface area contributed by atoms with Crippen LogP contribution in [0.3, 0.4) is 0 Å². The van der Waals surface area contributed by atoms with Crippen LogP contribution in [0.2, 0.25) is 0 Å². The van der Waals surface area contributed by atoms with Gasteiger partial charge in [0.05, 0.1) is 28.5 Å². The van der Waals surface area contributed by atoms with Gasteiger partial charge in [-0.05, 0) is 23.8 Å². The average molecular weight is 352 g/mol. The van der Waals surface area contributed by atoms with Crippen LogP contribution in [-0.4, -0.2) is 19.2 Å². The molecule has 5 nitrogen and oxygen atoms in total. The van der Waals surface area contributed by atoms with Gasteiger partial charge in [0, 0.05) is 18.7 Å². The fourth-order valence-electron chi connectivity index (χ4n) is 3.43. The van der Waals surface area contributed by atoms with E-state index in [1.807, 2.05) is 59.1 Å². The number of rotatable bonds is 3. The lowest BCUT2D eigenvalue weighted by Crippen LogP contribution is -2.21. The van der Waals surface area contributed by atoms with Crippen LogP contribution in [0.25, 0.3) is 22.2 Å². The molecule has 0 bridgehead atoms. The van der Waals surface area contributed by atoms with Gasteiger partial charge < -0.3 is 0 Å². The molecule has 0 radical (unpaired) electrons. The van der Waals surface area contributed by atoms with Gasteiger partial charge >= 0.3 is 0 Å². The molecule has 0 saturated carbocycles. The summed E-state index contributed by atoms with van der Waals surface area (Å²) in [6.07, 6.45) is 4.03. The fraction of sp³-hybridized carbons (Fsp3) is 0.0455. The molecule has 0 amide bonds. The van der Waals surface area contributed by atoms with Crippen molar-refractivity contribution >= 4 is 16.6 Å². The standard InChI is InChI=1S/C22H16N4O/c27-22-19-11-12-23-15-20(19)26-21(25(22)18-9-5-2-6-10-18)14-17(24-26)13-16-7-3-1-4-8-16/h1-12,14-15H,13H2. The number of benzene rings is 2. The highest BCUT2D eigenvalue weighted by Crippen LogP contribution is 2.19. The Balaban J connectivity index is 1.82. The number of pyridine rings is 1. The van der Waals surface area contributed by atoms with E-state index < -0.39 is 0 Å². The molecule has 5 aromatic rings. The lowest BCUT2D eigenvalue weighted by Gasteiger charge is -2.10. The van der Waals surface area contributed by atoms with E-state index in [0.717, 1.165) is 17.0 Å². The van der Waals surface area contributed by atoms with Crippen LogP contribution in [0.15, 0.2) is 90.0 Å². The molecule has 5 heteroatoms. The first-order valence-corrected chi connectivity index (χ1v) is 8.78. The van der Waals surface area contributed by atoms with E-state index in [9.17, 15) is 4.79 Å². The minimum Gasteiger partial charge on any atom is -0.268 e. The molecule has 0 aliphatic rings. The predicted octanol–water partition coefficient (Wildman–Crippen LogP) is 3.62. The van der Waals surface area contributed by atoms with E-state index in [1.165, 1.54) is 5.56 Å². The molecule has 3 heterocycles. The largest absolute Gasteiger partial charge is 0.268 e. The highest BCUT2D eigenvalue weighted by molar-refractivity contribution is 5.80. The van der Waals surface area contributed by atoms with Gasteiger partial charge in [-0.2, -0.15) is 5.10 Å². The quantitative estimate of drug-likeness (QED) is 0.498. The van der Waals surface area contributed by atoms with Gasteiger partial charge in [-0.25, -0.2) is 4.52 Å². The summed E-state index contributed by atoms with van der Waals surface area (Å²) in [5.74, 6) is 0. The van der Waals surface area contributed by atoms with Crippen LogP contribution in [0.5, 0.6) is 0 Å². The summed E-state index contributed by atoms with van der Waals surface area (Å²) in [6, 6.07) is 23.6. The summed E-state index contributed by atoms with van der Waals surface area (Å²) in [5, 5.41) is 5.37. The first-order valence-electron chi connectivity index (χ1n) is 8.78. The van der Waals surface area contributed by atoms with Crippen molar-refractivity contribution < 1.29 is 0 Å². The summed E-state index contributed by atoms with van der Waals surface area (Å²) in [7, 11) is 0. The van der Waals surface area contributed by atoms with Crippen molar-refractivity contribution in [1.82, 2.24) is 19.2 Å². The molecule has 27 heavy (non-hydrogen) atoms. The van der Waals surface area contributed by atoms with Gasteiger partial charge in [-0.15, -0.1) is 0 Å². The van der Waals surface area contributed by atoms with E-state index in [-0.39, 0.29) is 5.56 Å². The third-order valence-electron chi connectivity index (χ3n) is 4.67. The van der Waals surface area contributed by atoms with Gasteiger partial charge in [0.2, 0.25) is 0 Å². The zero-order valence-corrected chi connectivity index (χ0v) is 14.5. The Morgan fingerprint density at radius 3 is 2.41 bits per heavy atom. The number of hydrogen-bond acceptors (Lipinski definition) is 3. The van der Waals surface area contributed by atoms with Crippen molar-refractivity contribution in [3.8, 4) is 5.69 Å². The van der Waals surface area contributed by atoms with Crippen molar-refractivity contribution in [3.05, 3.63) is 107 Å². The molecular formula is C22H16N4O. The SMILES string of the molecule is O=c1c2ccncc2n2nc(Cc3ccccc3)cc2n1-c1ccccc1. The first-order chi connectivity index (χ1) is 13.3. The Bertz CT molecular complexity index is 1300. The lowest BCUT2D eigenvalue weighted by atomic mass is 10.1.